The Labute approximate surface area is 148 Å². The molecule has 0 aromatic carbocycles. The van der Waals surface area contributed by atoms with Crippen molar-refractivity contribution in [2.24, 2.45) is 5.92 Å². The predicted molar refractivity (Wildman–Crippen MR) is 102 cm³/mol. The molecule has 0 aromatic heterocycles. The minimum Gasteiger partial charge on any atom is -0.432 e. The summed E-state index contributed by atoms with van der Waals surface area (Å²) in [5.74, 6) is -0.772. The first-order valence-corrected chi connectivity index (χ1v) is 9.44. The zero-order valence-corrected chi connectivity index (χ0v) is 15.4. The summed E-state index contributed by atoms with van der Waals surface area (Å²) in [4.78, 5) is 11.8. The Morgan fingerprint density at radius 2 is 1.54 bits per heavy atom. The quantitative estimate of drug-likeness (QED) is 0.170. The van der Waals surface area contributed by atoms with E-state index in [2.05, 4.69) is 32.2 Å². The van der Waals surface area contributed by atoms with Crippen LogP contribution in [0, 0.1) is 5.92 Å². The molecule has 1 N–H and O–H groups in total. The first kappa shape index (κ1) is 22.6. The molecule has 0 spiro atoms. The van der Waals surface area contributed by atoms with Gasteiger partial charge in [-0.25, -0.2) is 0 Å². The van der Waals surface area contributed by atoms with E-state index in [1.54, 1.807) is 6.08 Å². The Bertz CT molecular complexity index is 360. The second kappa shape index (κ2) is 16.5. The number of hydrogen-bond acceptors (Lipinski definition) is 3. The highest BCUT2D eigenvalue weighted by Gasteiger charge is 2.18. The topological polar surface area (TPSA) is 46.5 Å². The van der Waals surface area contributed by atoms with Crippen molar-refractivity contribution in [3.05, 3.63) is 37.5 Å². The van der Waals surface area contributed by atoms with Crippen molar-refractivity contribution in [2.75, 3.05) is 0 Å². The lowest BCUT2D eigenvalue weighted by Crippen LogP contribution is -2.21. The third-order valence-electron chi connectivity index (χ3n) is 4.05. The van der Waals surface area contributed by atoms with Gasteiger partial charge < -0.3 is 9.84 Å². The number of allylic oxidation sites excluding steroid dienone is 2. The molecule has 2 atom stereocenters. The van der Waals surface area contributed by atoms with Gasteiger partial charge in [0.15, 0.2) is 0 Å². The van der Waals surface area contributed by atoms with Crippen LogP contribution in [-0.2, 0) is 9.53 Å². The average Bonchev–Trinajstić information content (AvgIpc) is 2.58. The molecule has 3 heteroatoms. The van der Waals surface area contributed by atoms with E-state index in [0.29, 0.717) is 0 Å². The number of carbonyl (C=O) groups is 1. The van der Waals surface area contributed by atoms with Gasteiger partial charge in [-0.3, -0.25) is 4.79 Å². The number of aliphatic hydroxyl groups excluding tert-OH is 1. The van der Waals surface area contributed by atoms with Gasteiger partial charge in [-0.2, -0.15) is 0 Å². The van der Waals surface area contributed by atoms with Gasteiger partial charge >= 0.3 is 5.97 Å². The predicted octanol–water partition coefficient (Wildman–Crippen LogP) is 5.70. The number of hydrogen-bond donors (Lipinski definition) is 1. The SMILES string of the molecule is C=CC(O)OC(=O)C(C=C)CCCCCC/C=C\CCCCCC. The van der Waals surface area contributed by atoms with Crippen LogP contribution >= 0.6 is 0 Å². The van der Waals surface area contributed by atoms with E-state index in [4.69, 9.17) is 4.74 Å². The summed E-state index contributed by atoms with van der Waals surface area (Å²) in [6, 6.07) is 0. The highest BCUT2D eigenvalue weighted by molar-refractivity contribution is 5.74. The van der Waals surface area contributed by atoms with Gasteiger partial charge in [-0.05, 0) is 38.2 Å². The summed E-state index contributed by atoms with van der Waals surface area (Å²) in [6.45, 7) is 9.29. The van der Waals surface area contributed by atoms with E-state index in [1.165, 1.54) is 51.0 Å². The summed E-state index contributed by atoms with van der Waals surface area (Å²) in [5.41, 5.74) is 0. The van der Waals surface area contributed by atoms with Crippen LogP contribution in [-0.4, -0.2) is 17.4 Å². The summed E-state index contributed by atoms with van der Waals surface area (Å²) in [6.07, 6.45) is 19.0. The number of aliphatic hydroxyl groups is 1. The van der Waals surface area contributed by atoms with E-state index in [0.717, 1.165) is 25.7 Å². The van der Waals surface area contributed by atoms with E-state index < -0.39 is 12.3 Å². The number of carbonyl (C=O) groups excluding carboxylic acids is 1. The summed E-state index contributed by atoms with van der Waals surface area (Å²) < 4.78 is 4.83. The summed E-state index contributed by atoms with van der Waals surface area (Å²) in [7, 11) is 0. The van der Waals surface area contributed by atoms with Gasteiger partial charge in [0.2, 0.25) is 6.29 Å². The van der Waals surface area contributed by atoms with Crippen molar-refractivity contribution in [3.8, 4) is 0 Å². The minimum atomic E-state index is -1.23. The van der Waals surface area contributed by atoms with Crippen molar-refractivity contribution in [2.45, 2.75) is 83.8 Å². The largest absolute Gasteiger partial charge is 0.432 e. The molecule has 138 valence electrons. The lowest BCUT2D eigenvalue weighted by Gasteiger charge is -2.13. The van der Waals surface area contributed by atoms with Crippen LogP contribution in [0.3, 0.4) is 0 Å². The fourth-order valence-corrected chi connectivity index (χ4v) is 2.49. The number of unbranched alkanes of at least 4 members (excludes halogenated alkanes) is 8. The Hall–Kier alpha value is -1.35. The van der Waals surface area contributed by atoms with Crippen LogP contribution in [0.1, 0.15) is 77.6 Å². The van der Waals surface area contributed by atoms with Gasteiger partial charge in [0.1, 0.15) is 0 Å². The molecule has 24 heavy (non-hydrogen) atoms. The molecule has 0 radical (unpaired) electrons. The monoisotopic (exact) mass is 336 g/mol. The van der Waals surface area contributed by atoms with Crippen LogP contribution in [0.15, 0.2) is 37.5 Å². The second-order valence-corrected chi connectivity index (χ2v) is 6.22. The smallest absolute Gasteiger partial charge is 0.315 e. The van der Waals surface area contributed by atoms with E-state index >= 15 is 0 Å². The number of rotatable bonds is 16. The Morgan fingerprint density at radius 3 is 2.08 bits per heavy atom. The first-order valence-electron chi connectivity index (χ1n) is 9.44. The molecule has 0 saturated carbocycles. The van der Waals surface area contributed by atoms with Crippen molar-refractivity contribution < 1.29 is 14.6 Å². The fraction of sp³-hybridized carbons (Fsp3) is 0.667. The molecule has 0 aromatic rings. The molecule has 0 rings (SSSR count). The zero-order chi connectivity index (χ0) is 18.0. The minimum absolute atomic E-state index is 0.345. The van der Waals surface area contributed by atoms with Crippen LogP contribution in [0.5, 0.6) is 0 Å². The molecule has 0 aliphatic rings. The molecule has 2 unspecified atom stereocenters. The van der Waals surface area contributed by atoms with Crippen LogP contribution in [0.25, 0.3) is 0 Å². The molecule has 0 aliphatic heterocycles. The van der Waals surface area contributed by atoms with Crippen molar-refractivity contribution in [1.29, 1.82) is 0 Å². The Morgan fingerprint density at radius 1 is 0.958 bits per heavy atom. The normalized spacial score (nSPS) is 13.6. The van der Waals surface area contributed by atoms with Gasteiger partial charge in [0.25, 0.3) is 0 Å². The molecular formula is C21H36O3. The van der Waals surface area contributed by atoms with E-state index in [9.17, 15) is 9.90 Å². The molecule has 0 heterocycles. The van der Waals surface area contributed by atoms with Gasteiger partial charge in [0, 0.05) is 0 Å². The van der Waals surface area contributed by atoms with E-state index in [-0.39, 0.29) is 5.92 Å². The highest BCUT2D eigenvalue weighted by Crippen LogP contribution is 2.15. The summed E-state index contributed by atoms with van der Waals surface area (Å²) >= 11 is 0. The molecule has 0 fully saturated rings. The standard InChI is InChI=1S/C21H36O3/c1-4-7-8-9-10-11-12-13-14-15-16-17-18-19(5-2)21(23)24-20(22)6-3/h5-6,11-12,19-20,22H,2-4,7-10,13-18H2,1H3/b12-11-. The van der Waals surface area contributed by atoms with Gasteiger partial charge in [-0.15, -0.1) is 6.58 Å². The van der Waals surface area contributed by atoms with Gasteiger partial charge in [-0.1, -0.05) is 70.3 Å². The summed E-state index contributed by atoms with van der Waals surface area (Å²) in [5, 5.41) is 9.24. The molecule has 3 nitrogen and oxygen atoms in total. The Balaban J connectivity index is 3.59. The van der Waals surface area contributed by atoms with Crippen LogP contribution in [0.4, 0.5) is 0 Å². The lowest BCUT2D eigenvalue weighted by atomic mass is 10.0. The lowest BCUT2D eigenvalue weighted by molar-refractivity contribution is -0.164. The first-order chi connectivity index (χ1) is 11.7. The van der Waals surface area contributed by atoms with Crippen molar-refractivity contribution in [3.63, 3.8) is 0 Å². The van der Waals surface area contributed by atoms with Gasteiger partial charge in [0.05, 0.1) is 5.92 Å². The second-order valence-electron chi connectivity index (χ2n) is 6.22. The maximum Gasteiger partial charge on any atom is 0.315 e. The molecule has 0 saturated heterocycles. The molecule has 0 amide bonds. The Kier molecular flexibility index (Phi) is 15.6. The number of esters is 1. The van der Waals surface area contributed by atoms with Crippen LogP contribution < -0.4 is 0 Å². The van der Waals surface area contributed by atoms with Crippen LogP contribution in [0.2, 0.25) is 0 Å². The third kappa shape index (κ3) is 13.1. The third-order valence-corrected chi connectivity index (χ3v) is 4.05. The molecule has 0 bridgehead atoms. The molecular weight excluding hydrogens is 300 g/mol. The van der Waals surface area contributed by atoms with Crippen molar-refractivity contribution in [1.82, 2.24) is 0 Å². The van der Waals surface area contributed by atoms with Crippen molar-refractivity contribution >= 4 is 5.97 Å². The average molecular weight is 337 g/mol. The number of ether oxygens (including phenoxy) is 1. The fourth-order valence-electron chi connectivity index (χ4n) is 2.49. The van der Waals surface area contributed by atoms with E-state index in [1.807, 2.05) is 0 Å². The highest BCUT2D eigenvalue weighted by atomic mass is 16.6. The maximum atomic E-state index is 11.8. The maximum absolute atomic E-state index is 11.8. The zero-order valence-electron chi connectivity index (χ0n) is 15.4. The molecule has 0 aliphatic carbocycles.